The maximum absolute atomic E-state index is 11.4. The van der Waals surface area contributed by atoms with Crippen LogP contribution in [0.15, 0.2) is 30.3 Å². The molecule has 2 rings (SSSR count). The van der Waals surface area contributed by atoms with Crippen molar-refractivity contribution < 1.29 is 50.8 Å². The summed E-state index contributed by atoms with van der Waals surface area (Å²) >= 11 is 0. The Morgan fingerprint density at radius 3 is 2.17 bits per heavy atom. The number of carboxylic acids is 1. The van der Waals surface area contributed by atoms with Crippen LogP contribution in [0.5, 0.6) is 0 Å². The number of quaternary nitrogens is 1. The number of nitrogens with zero attached hydrogens (tertiary/aromatic N) is 1. The Kier molecular flexibility index (Phi) is 7.16. The molecule has 0 aromatic heterocycles. The van der Waals surface area contributed by atoms with Gasteiger partial charge in [0.25, 0.3) is 5.34 Å². The molecule has 0 spiro atoms. The number of carboxylic acid groups (broad SMARTS) is 1. The Morgan fingerprint density at radius 2 is 1.71 bits per heavy atom. The molecule has 24 heavy (non-hydrogen) atoms. The number of hydrogen-bond acceptors (Lipinski definition) is 3. The smallest absolute Gasteiger partial charge is 0.368 e. The van der Waals surface area contributed by atoms with Crippen molar-refractivity contribution in [2.24, 2.45) is 0 Å². The molecule has 1 aliphatic rings. The van der Waals surface area contributed by atoms with Crippen LogP contribution in [-0.2, 0) is 15.9 Å². The van der Waals surface area contributed by atoms with Crippen molar-refractivity contribution in [1.29, 1.82) is 0 Å². The van der Waals surface area contributed by atoms with E-state index in [4.69, 9.17) is 5.11 Å². The summed E-state index contributed by atoms with van der Waals surface area (Å²) < 4.78 is 12.0. The van der Waals surface area contributed by atoms with Crippen LogP contribution < -0.4 is 17.0 Å². The lowest BCUT2D eigenvalue weighted by Gasteiger charge is -2.36. The molecule has 0 saturated carbocycles. The normalized spacial score (nSPS) is 19.3. The number of halogens is 1. The molecule has 1 aliphatic heterocycles. The van der Waals surface area contributed by atoms with Crippen molar-refractivity contribution in [3.8, 4) is 0 Å². The van der Waals surface area contributed by atoms with Crippen molar-refractivity contribution >= 4 is 13.6 Å². The third-order valence-electron chi connectivity index (χ3n) is 4.63. The van der Waals surface area contributed by atoms with E-state index < -0.39 is 25.3 Å². The van der Waals surface area contributed by atoms with Crippen molar-refractivity contribution in [2.75, 3.05) is 19.6 Å². The van der Waals surface area contributed by atoms with Gasteiger partial charge in [0.15, 0.2) is 0 Å². The molecule has 0 radical (unpaired) electrons. The number of aliphatic hydroxyl groups is 1. The van der Waals surface area contributed by atoms with Crippen molar-refractivity contribution in [3.63, 3.8) is 0 Å². The van der Waals surface area contributed by atoms with Gasteiger partial charge in [-0.15, -0.1) is 0 Å². The van der Waals surface area contributed by atoms with E-state index in [1.54, 1.807) is 0 Å². The van der Waals surface area contributed by atoms with Crippen LogP contribution in [0.2, 0.25) is 0 Å². The minimum atomic E-state index is -5.17. The first-order valence-electron chi connectivity index (χ1n) is 7.59. The van der Waals surface area contributed by atoms with Gasteiger partial charge in [0.2, 0.25) is 0 Å². The first-order chi connectivity index (χ1) is 10.7. The van der Waals surface area contributed by atoms with E-state index >= 15 is 0 Å². The van der Waals surface area contributed by atoms with Crippen LogP contribution in [0.3, 0.4) is 0 Å². The first kappa shape index (κ1) is 21.3. The fourth-order valence-electron chi connectivity index (χ4n) is 3.21. The van der Waals surface area contributed by atoms with Gasteiger partial charge in [-0.05, 0) is 0 Å². The highest BCUT2D eigenvalue weighted by Crippen LogP contribution is 2.51. The summed E-state index contributed by atoms with van der Waals surface area (Å²) in [7, 11) is -5.17. The number of carbonyl (C=O) groups is 1. The number of hydrogen-bond donors (Lipinski definition) is 4. The SMILES string of the molecule is O=C(O)C(O)(CC[N+]1(Cc2ccccc2)CCCC1)P(=O)(O)O.[Br-]. The molecule has 0 bridgehead atoms. The minimum Gasteiger partial charge on any atom is -1.00 e. The minimum absolute atomic E-state index is 0. The third kappa shape index (κ3) is 4.65. The van der Waals surface area contributed by atoms with E-state index in [1.165, 1.54) is 0 Å². The summed E-state index contributed by atoms with van der Waals surface area (Å²) in [5, 5.41) is 16.0. The molecule has 0 aliphatic carbocycles. The first-order valence-corrected chi connectivity index (χ1v) is 9.20. The zero-order chi connectivity index (χ0) is 17.1. The van der Waals surface area contributed by atoms with Gasteiger partial charge in [-0.3, -0.25) is 4.57 Å². The summed E-state index contributed by atoms with van der Waals surface area (Å²) in [6, 6.07) is 9.71. The Morgan fingerprint density at radius 1 is 1.17 bits per heavy atom. The highest BCUT2D eigenvalue weighted by Gasteiger charge is 2.54. The average molecular weight is 424 g/mol. The number of aliphatic carboxylic acids is 1. The van der Waals surface area contributed by atoms with E-state index in [0.29, 0.717) is 11.0 Å². The summed E-state index contributed by atoms with van der Waals surface area (Å²) in [4.78, 5) is 29.6. The molecule has 1 saturated heterocycles. The average Bonchev–Trinajstić information content (AvgIpc) is 2.93. The van der Waals surface area contributed by atoms with Gasteiger partial charge in [-0.25, -0.2) is 4.79 Å². The number of rotatable bonds is 7. The van der Waals surface area contributed by atoms with Gasteiger partial charge < -0.3 is 41.5 Å². The maximum Gasteiger partial charge on any atom is 0.368 e. The van der Waals surface area contributed by atoms with Crippen LogP contribution in [0, 0.1) is 0 Å². The van der Waals surface area contributed by atoms with Crippen molar-refractivity contribution in [1.82, 2.24) is 0 Å². The molecule has 0 amide bonds. The zero-order valence-corrected chi connectivity index (χ0v) is 15.7. The van der Waals surface area contributed by atoms with Gasteiger partial charge in [-0.2, -0.15) is 0 Å². The lowest BCUT2D eigenvalue weighted by atomic mass is 10.1. The molecular formula is C15H23BrNO6P. The van der Waals surface area contributed by atoms with E-state index in [9.17, 15) is 24.3 Å². The molecule has 1 aromatic rings. The zero-order valence-electron chi connectivity index (χ0n) is 13.2. The predicted octanol–water partition coefficient (Wildman–Crippen LogP) is -1.86. The third-order valence-corrected chi connectivity index (χ3v) is 6.01. The summed E-state index contributed by atoms with van der Waals surface area (Å²) in [6.07, 6.45) is 1.49. The molecule has 1 heterocycles. The Labute approximate surface area is 151 Å². The molecule has 1 fully saturated rings. The number of likely N-dealkylation sites (tertiary alicyclic amines) is 1. The molecule has 1 atom stereocenters. The molecular weight excluding hydrogens is 401 g/mol. The molecule has 1 aromatic carbocycles. The lowest BCUT2D eigenvalue weighted by molar-refractivity contribution is -0.930. The quantitative estimate of drug-likeness (QED) is 0.302. The van der Waals surface area contributed by atoms with E-state index in [-0.39, 0.29) is 23.5 Å². The lowest BCUT2D eigenvalue weighted by Crippen LogP contribution is -3.00. The van der Waals surface area contributed by atoms with Crippen LogP contribution in [0.4, 0.5) is 0 Å². The fourth-order valence-corrected chi connectivity index (χ4v) is 3.85. The van der Waals surface area contributed by atoms with Gasteiger partial charge in [-0.1, -0.05) is 30.3 Å². The Bertz CT molecular complexity index is 601. The standard InChI is InChI=1S/C15H22NO6P.BrH/c17-14(18)15(19,23(20,21)22)8-11-16(9-4-5-10-16)12-13-6-2-1-3-7-13;/h1-3,6-7,19H,4-5,8-12H2,(H2-,17,18,20,21,22);1H. The molecule has 4 N–H and O–H groups in total. The highest BCUT2D eigenvalue weighted by molar-refractivity contribution is 7.54. The summed E-state index contributed by atoms with van der Waals surface area (Å²) in [6.45, 7) is 2.50. The van der Waals surface area contributed by atoms with Crippen LogP contribution in [0.1, 0.15) is 24.8 Å². The second-order valence-electron chi connectivity index (χ2n) is 6.28. The summed E-state index contributed by atoms with van der Waals surface area (Å²) in [5.74, 6) is -1.87. The Hall–Kier alpha value is -0.760. The van der Waals surface area contributed by atoms with E-state index in [1.807, 2.05) is 30.3 Å². The summed E-state index contributed by atoms with van der Waals surface area (Å²) in [5.41, 5.74) is 1.09. The van der Waals surface area contributed by atoms with Crippen molar-refractivity contribution in [2.45, 2.75) is 31.1 Å². The maximum atomic E-state index is 11.4. The number of benzene rings is 1. The second-order valence-corrected chi connectivity index (χ2v) is 8.11. The molecule has 136 valence electrons. The van der Waals surface area contributed by atoms with Gasteiger partial charge in [0, 0.05) is 24.8 Å². The topological polar surface area (TPSA) is 115 Å². The molecule has 9 heteroatoms. The van der Waals surface area contributed by atoms with Gasteiger partial charge in [0.1, 0.15) is 6.54 Å². The monoisotopic (exact) mass is 423 g/mol. The van der Waals surface area contributed by atoms with E-state index in [2.05, 4.69) is 0 Å². The van der Waals surface area contributed by atoms with Crippen LogP contribution in [0.25, 0.3) is 0 Å². The molecule has 7 nitrogen and oxygen atoms in total. The second kappa shape index (κ2) is 8.08. The van der Waals surface area contributed by atoms with Crippen molar-refractivity contribution in [3.05, 3.63) is 35.9 Å². The van der Waals surface area contributed by atoms with E-state index in [0.717, 1.165) is 31.5 Å². The fraction of sp³-hybridized carbons (Fsp3) is 0.533. The van der Waals surface area contributed by atoms with Gasteiger partial charge in [0.05, 0.1) is 19.6 Å². The highest BCUT2D eigenvalue weighted by atomic mass is 79.9. The Balaban J connectivity index is 0.00000288. The van der Waals surface area contributed by atoms with Gasteiger partial charge >= 0.3 is 13.6 Å². The molecule has 1 unspecified atom stereocenters. The van der Waals surface area contributed by atoms with Crippen LogP contribution in [-0.4, -0.2) is 55.4 Å². The predicted molar refractivity (Wildman–Crippen MR) is 83.5 cm³/mol. The van der Waals surface area contributed by atoms with Crippen LogP contribution >= 0.6 is 7.60 Å². The largest absolute Gasteiger partial charge is 1.00 e.